The molecule has 4 heterocycles. The van der Waals surface area contributed by atoms with Crippen LogP contribution >= 0.6 is 11.3 Å². The molecule has 2 saturated heterocycles. The van der Waals surface area contributed by atoms with Crippen LogP contribution in [0.3, 0.4) is 0 Å². The Morgan fingerprint density at radius 1 is 1.62 bits per heavy atom. The highest BCUT2D eigenvalue weighted by atomic mass is 32.1. The summed E-state index contributed by atoms with van der Waals surface area (Å²) < 4.78 is 5.98. The van der Waals surface area contributed by atoms with E-state index in [1.54, 1.807) is 11.9 Å². The molecule has 1 aromatic heterocycles. The van der Waals surface area contributed by atoms with E-state index in [9.17, 15) is 9.59 Å². The number of nitrogens with one attached hydrogen (secondary N) is 1. The minimum atomic E-state index is -0.601. The Morgan fingerprint density at radius 3 is 3.21 bits per heavy atom. The first-order chi connectivity index (χ1) is 11.5. The average Bonchev–Trinajstić information content (AvgIpc) is 3.26. The molecule has 2 bridgehead atoms. The van der Waals surface area contributed by atoms with E-state index in [0.717, 1.165) is 18.5 Å². The Morgan fingerprint density at radius 2 is 2.46 bits per heavy atom. The molecule has 7 nitrogen and oxygen atoms in total. The van der Waals surface area contributed by atoms with E-state index in [1.807, 2.05) is 17.5 Å². The lowest BCUT2D eigenvalue weighted by Crippen LogP contribution is -2.44. The Kier molecular flexibility index (Phi) is 3.61. The number of nitrogen functional groups attached to an aromatic ring is 1. The fourth-order valence-electron chi connectivity index (χ4n) is 4.03. The number of aromatic nitrogens is 1. The fourth-order valence-corrected chi connectivity index (χ4v) is 4.62. The van der Waals surface area contributed by atoms with Gasteiger partial charge in [-0.1, -0.05) is 12.2 Å². The van der Waals surface area contributed by atoms with Crippen molar-refractivity contribution in [3.8, 4) is 0 Å². The van der Waals surface area contributed by atoms with Crippen LogP contribution in [0.2, 0.25) is 0 Å². The maximum absolute atomic E-state index is 12.6. The van der Waals surface area contributed by atoms with Gasteiger partial charge in [-0.3, -0.25) is 9.59 Å². The molecule has 8 heteroatoms. The van der Waals surface area contributed by atoms with Crippen molar-refractivity contribution in [1.29, 1.82) is 0 Å². The number of hydrogen-bond acceptors (Lipinski definition) is 6. The van der Waals surface area contributed by atoms with Crippen LogP contribution in [0.25, 0.3) is 0 Å². The lowest BCUT2D eigenvalue weighted by molar-refractivity contribution is -0.136. The summed E-state index contributed by atoms with van der Waals surface area (Å²) in [5.74, 6) is -0.921. The third-order valence-corrected chi connectivity index (χ3v) is 5.79. The van der Waals surface area contributed by atoms with Crippen LogP contribution in [0.1, 0.15) is 12.1 Å². The number of rotatable bonds is 5. The van der Waals surface area contributed by atoms with Crippen LogP contribution in [0.15, 0.2) is 17.5 Å². The standard InChI is InChI=1S/C16H20N4O3S/c1-20-8-16-5-4-10(23-16)11(12(16)14(20)22)13(21)18-6-2-3-9-7-24-15(17)19-9/h4-5,7,10-12H,2-3,6,8H2,1H3,(H2,17,19)(H,18,21)/t10?,11?,12?,16-/m0/s1. The number of nitrogens with two attached hydrogens (primary N) is 1. The van der Waals surface area contributed by atoms with Crippen LogP contribution in [0.4, 0.5) is 5.13 Å². The highest BCUT2D eigenvalue weighted by Crippen LogP contribution is 2.51. The summed E-state index contributed by atoms with van der Waals surface area (Å²) in [5, 5.41) is 5.45. The van der Waals surface area contributed by atoms with Crippen LogP contribution in [0.5, 0.6) is 0 Å². The number of anilines is 1. The maximum atomic E-state index is 12.6. The molecule has 2 amide bonds. The van der Waals surface area contributed by atoms with Crippen LogP contribution < -0.4 is 11.1 Å². The fraction of sp³-hybridized carbons (Fsp3) is 0.562. The van der Waals surface area contributed by atoms with Gasteiger partial charge in [-0.05, 0) is 12.8 Å². The molecule has 3 aliphatic rings. The van der Waals surface area contributed by atoms with Gasteiger partial charge in [0, 0.05) is 19.0 Å². The van der Waals surface area contributed by atoms with Gasteiger partial charge in [0.1, 0.15) is 5.60 Å². The van der Waals surface area contributed by atoms with Gasteiger partial charge in [0.05, 0.1) is 30.2 Å². The first kappa shape index (κ1) is 15.6. The largest absolute Gasteiger partial charge is 0.375 e. The summed E-state index contributed by atoms with van der Waals surface area (Å²) in [6.07, 6.45) is 5.15. The molecule has 1 spiro atoms. The van der Waals surface area contributed by atoms with Gasteiger partial charge in [-0.15, -0.1) is 11.3 Å². The minimum Gasteiger partial charge on any atom is -0.375 e. The van der Waals surface area contributed by atoms with Crippen molar-refractivity contribution in [3.63, 3.8) is 0 Å². The second kappa shape index (κ2) is 5.56. The summed E-state index contributed by atoms with van der Waals surface area (Å²) in [4.78, 5) is 30.9. The van der Waals surface area contributed by atoms with Crippen LogP contribution in [0, 0.1) is 11.8 Å². The SMILES string of the molecule is CN1C[C@]23C=CC(O2)C(C(=O)NCCCc2csc(N)n2)C3C1=O. The number of ether oxygens (including phenoxy) is 1. The van der Waals surface area contributed by atoms with Gasteiger partial charge < -0.3 is 20.7 Å². The number of likely N-dealkylation sites (N-methyl/N-ethyl adjacent to an activating group) is 1. The lowest BCUT2D eigenvalue weighted by Gasteiger charge is -2.23. The number of carbonyl (C=O) groups is 2. The van der Waals surface area contributed by atoms with E-state index in [0.29, 0.717) is 18.2 Å². The zero-order valence-corrected chi connectivity index (χ0v) is 14.2. The summed E-state index contributed by atoms with van der Waals surface area (Å²) in [7, 11) is 1.76. The van der Waals surface area contributed by atoms with Crippen molar-refractivity contribution in [2.24, 2.45) is 11.8 Å². The molecule has 4 atom stereocenters. The first-order valence-electron chi connectivity index (χ1n) is 8.10. The number of amides is 2. The van der Waals surface area contributed by atoms with E-state index >= 15 is 0 Å². The Bertz CT molecular complexity index is 718. The summed E-state index contributed by atoms with van der Waals surface area (Å²) in [6, 6.07) is 0. The second-order valence-electron chi connectivity index (χ2n) is 6.67. The summed E-state index contributed by atoms with van der Waals surface area (Å²) in [6.45, 7) is 1.07. The number of likely N-dealkylation sites (tertiary alicyclic amines) is 1. The van der Waals surface area contributed by atoms with Crippen molar-refractivity contribution >= 4 is 28.3 Å². The molecule has 4 rings (SSSR count). The number of carbonyl (C=O) groups excluding carboxylic acids is 2. The number of fused-ring (bicyclic) bond motifs is 1. The quantitative estimate of drug-likeness (QED) is 0.585. The van der Waals surface area contributed by atoms with Gasteiger partial charge in [-0.2, -0.15) is 0 Å². The van der Waals surface area contributed by atoms with Gasteiger partial charge in [-0.25, -0.2) is 4.98 Å². The van der Waals surface area contributed by atoms with Crippen molar-refractivity contribution in [2.45, 2.75) is 24.5 Å². The molecule has 24 heavy (non-hydrogen) atoms. The number of thiazole rings is 1. The topological polar surface area (TPSA) is 97.6 Å². The average molecular weight is 348 g/mol. The van der Waals surface area contributed by atoms with E-state index in [2.05, 4.69) is 10.3 Å². The van der Waals surface area contributed by atoms with Gasteiger partial charge in [0.2, 0.25) is 11.8 Å². The smallest absolute Gasteiger partial charge is 0.229 e. The highest BCUT2D eigenvalue weighted by Gasteiger charge is 2.66. The molecular weight excluding hydrogens is 328 g/mol. The molecule has 0 aromatic carbocycles. The number of hydrogen-bond donors (Lipinski definition) is 2. The van der Waals surface area contributed by atoms with Crippen molar-refractivity contribution in [2.75, 3.05) is 25.9 Å². The normalized spacial score (nSPS) is 33.3. The molecular formula is C16H20N4O3S. The zero-order valence-electron chi connectivity index (χ0n) is 13.4. The second-order valence-corrected chi connectivity index (χ2v) is 7.56. The summed E-state index contributed by atoms with van der Waals surface area (Å²) in [5.41, 5.74) is 5.95. The predicted molar refractivity (Wildman–Crippen MR) is 89.2 cm³/mol. The lowest BCUT2D eigenvalue weighted by atomic mass is 9.77. The molecule has 3 N–H and O–H groups in total. The van der Waals surface area contributed by atoms with Crippen molar-refractivity contribution < 1.29 is 14.3 Å². The molecule has 0 saturated carbocycles. The maximum Gasteiger partial charge on any atom is 0.229 e. The monoisotopic (exact) mass is 348 g/mol. The van der Waals surface area contributed by atoms with Crippen molar-refractivity contribution in [1.82, 2.24) is 15.2 Å². The molecule has 3 aliphatic heterocycles. The van der Waals surface area contributed by atoms with Crippen molar-refractivity contribution in [3.05, 3.63) is 23.2 Å². The molecule has 3 unspecified atom stereocenters. The van der Waals surface area contributed by atoms with E-state index in [1.165, 1.54) is 11.3 Å². The van der Waals surface area contributed by atoms with Crippen LogP contribution in [-0.2, 0) is 20.7 Å². The Balaban J connectivity index is 1.35. The highest BCUT2D eigenvalue weighted by molar-refractivity contribution is 7.13. The van der Waals surface area contributed by atoms with E-state index < -0.39 is 17.4 Å². The zero-order chi connectivity index (χ0) is 16.9. The summed E-state index contributed by atoms with van der Waals surface area (Å²) >= 11 is 1.42. The molecule has 1 aromatic rings. The molecule has 0 radical (unpaired) electrons. The molecule has 0 aliphatic carbocycles. The molecule has 2 fully saturated rings. The number of aryl methyl sites for hydroxylation is 1. The van der Waals surface area contributed by atoms with Crippen LogP contribution in [-0.4, -0.2) is 53.5 Å². The third-order valence-electron chi connectivity index (χ3n) is 5.07. The third kappa shape index (κ3) is 2.32. The van der Waals surface area contributed by atoms with Gasteiger partial charge in [0.25, 0.3) is 0 Å². The van der Waals surface area contributed by atoms with E-state index in [4.69, 9.17) is 10.5 Å². The van der Waals surface area contributed by atoms with Gasteiger partial charge >= 0.3 is 0 Å². The van der Waals surface area contributed by atoms with Gasteiger partial charge in [0.15, 0.2) is 5.13 Å². The Labute approximate surface area is 143 Å². The minimum absolute atomic E-state index is 0.0000478. The first-order valence-corrected chi connectivity index (χ1v) is 8.98. The Hall–Kier alpha value is -1.93. The molecule has 128 valence electrons. The number of nitrogens with zero attached hydrogens (tertiary/aromatic N) is 2. The predicted octanol–water partition coefficient (Wildman–Crippen LogP) is 0.186. The van der Waals surface area contributed by atoms with E-state index in [-0.39, 0.29) is 17.9 Å².